The second-order valence-electron chi connectivity index (χ2n) is 6.27. The van der Waals surface area contributed by atoms with Gasteiger partial charge in [0, 0.05) is 17.6 Å². The van der Waals surface area contributed by atoms with Crippen molar-refractivity contribution in [2.24, 2.45) is 0 Å². The van der Waals surface area contributed by atoms with E-state index in [1.807, 2.05) is 49.9 Å². The Balaban J connectivity index is 2.04. The first-order valence-corrected chi connectivity index (χ1v) is 7.47. The van der Waals surface area contributed by atoms with Crippen LogP contribution in [-0.2, 0) is 11.2 Å². The Bertz CT molecular complexity index is 482. The minimum atomic E-state index is -0.450. The molecule has 1 heterocycles. The zero-order valence-corrected chi connectivity index (χ0v) is 13.1. The third-order valence-electron chi connectivity index (χ3n) is 3.42. The number of hydrogen-bond donors (Lipinski definition) is 0. The number of carbonyl (C=O) groups excluding carboxylic acids is 1. The number of amides is 1. The van der Waals surface area contributed by atoms with E-state index in [0.29, 0.717) is 0 Å². The van der Waals surface area contributed by atoms with Gasteiger partial charge in [0.15, 0.2) is 0 Å². The molecule has 2 rings (SSSR count). The van der Waals surface area contributed by atoms with Crippen molar-refractivity contribution in [2.45, 2.75) is 51.7 Å². The van der Waals surface area contributed by atoms with Crippen LogP contribution in [0.1, 0.15) is 39.2 Å². The van der Waals surface area contributed by atoms with Crippen LogP contribution < -0.4 is 0 Å². The molecule has 1 amide bonds. The fourth-order valence-electron chi connectivity index (χ4n) is 2.53. The predicted molar refractivity (Wildman–Crippen MR) is 81.1 cm³/mol. The largest absolute Gasteiger partial charge is 0.444 e. The summed E-state index contributed by atoms with van der Waals surface area (Å²) >= 11 is 6.20. The van der Waals surface area contributed by atoms with Gasteiger partial charge in [0.25, 0.3) is 0 Å². The summed E-state index contributed by atoms with van der Waals surface area (Å²) in [5.74, 6) is 0. The van der Waals surface area contributed by atoms with Gasteiger partial charge in [-0.3, -0.25) is 0 Å². The zero-order valence-electron chi connectivity index (χ0n) is 12.4. The molecule has 0 spiro atoms. The summed E-state index contributed by atoms with van der Waals surface area (Å²) in [6.07, 6.45) is 2.60. The third-order valence-corrected chi connectivity index (χ3v) is 3.79. The average Bonchev–Trinajstić information content (AvgIpc) is 2.78. The Morgan fingerprint density at radius 3 is 2.75 bits per heavy atom. The molecule has 3 nitrogen and oxygen atoms in total. The molecular formula is C16H22ClNO2. The van der Waals surface area contributed by atoms with E-state index in [4.69, 9.17) is 16.3 Å². The summed E-state index contributed by atoms with van der Waals surface area (Å²) < 4.78 is 5.47. The number of ether oxygens (including phenoxy) is 1. The highest BCUT2D eigenvalue weighted by molar-refractivity contribution is 6.31. The first-order valence-electron chi connectivity index (χ1n) is 7.10. The molecule has 0 aromatic heterocycles. The normalized spacial score (nSPS) is 19.2. The summed E-state index contributed by atoms with van der Waals surface area (Å²) in [6, 6.07) is 8.00. The number of carbonyl (C=O) groups is 1. The second kappa shape index (κ2) is 6.04. The SMILES string of the molecule is CC(C)(C)OC(=O)N1CCCC1Cc1ccccc1Cl. The predicted octanol–water partition coefficient (Wildman–Crippen LogP) is 4.28. The van der Waals surface area contributed by atoms with Crippen molar-refractivity contribution in [2.75, 3.05) is 6.54 Å². The van der Waals surface area contributed by atoms with Crippen molar-refractivity contribution in [1.29, 1.82) is 0 Å². The van der Waals surface area contributed by atoms with Gasteiger partial charge < -0.3 is 9.64 Å². The minimum Gasteiger partial charge on any atom is -0.444 e. The van der Waals surface area contributed by atoms with Crippen molar-refractivity contribution < 1.29 is 9.53 Å². The smallest absolute Gasteiger partial charge is 0.410 e. The van der Waals surface area contributed by atoms with Gasteiger partial charge in [0.05, 0.1) is 0 Å². The highest BCUT2D eigenvalue weighted by atomic mass is 35.5. The van der Waals surface area contributed by atoms with Crippen LogP contribution in [0.25, 0.3) is 0 Å². The van der Waals surface area contributed by atoms with Crippen molar-refractivity contribution >= 4 is 17.7 Å². The van der Waals surface area contributed by atoms with Gasteiger partial charge in [-0.15, -0.1) is 0 Å². The van der Waals surface area contributed by atoms with Crippen LogP contribution in [0.2, 0.25) is 5.02 Å². The molecule has 1 aliphatic heterocycles. The lowest BCUT2D eigenvalue weighted by atomic mass is 10.0. The van der Waals surface area contributed by atoms with Gasteiger partial charge in [0.2, 0.25) is 0 Å². The lowest BCUT2D eigenvalue weighted by molar-refractivity contribution is 0.0227. The van der Waals surface area contributed by atoms with Crippen molar-refractivity contribution in [3.05, 3.63) is 34.9 Å². The molecule has 110 valence electrons. The Labute approximate surface area is 125 Å². The highest BCUT2D eigenvalue weighted by Gasteiger charge is 2.32. The molecule has 0 saturated carbocycles. The number of hydrogen-bond acceptors (Lipinski definition) is 2. The van der Waals surface area contributed by atoms with Gasteiger partial charge >= 0.3 is 6.09 Å². The molecule has 1 atom stereocenters. The van der Waals surface area contributed by atoms with Gasteiger partial charge in [-0.2, -0.15) is 0 Å². The van der Waals surface area contributed by atoms with E-state index in [1.54, 1.807) is 0 Å². The molecule has 1 fully saturated rings. The molecule has 1 unspecified atom stereocenters. The second-order valence-corrected chi connectivity index (χ2v) is 6.67. The molecule has 0 bridgehead atoms. The van der Waals surface area contributed by atoms with E-state index >= 15 is 0 Å². The fraction of sp³-hybridized carbons (Fsp3) is 0.562. The van der Waals surface area contributed by atoms with Crippen LogP contribution in [-0.4, -0.2) is 29.2 Å². The summed E-state index contributed by atoms with van der Waals surface area (Å²) in [5, 5.41) is 0.767. The Morgan fingerprint density at radius 1 is 1.40 bits per heavy atom. The number of rotatable bonds is 2. The first-order chi connectivity index (χ1) is 9.37. The molecule has 1 aromatic carbocycles. The van der Waals surface area contributed by atoms with E-state index in [9.17, 15) is 4.79 Å². The molecule has 0 aliphatic carbocycles. The van der Waals surface area contributed by atoms with Gasteiger partial charge in [-0.1, -0.05) is 29.8 Å². The molecular weight excluding hydrogens is 274 g/mol. The maximum atomic E-state index is 12.2. The van der Waals surface area contributed by atoms with Crippen LogP contribution in [0, 0.1) is 0 Å². The van der Waals surface area contributed by atoms with Gasteiger partial charge in [-0.05, 0) is 51.7 Å². The number of benzene rings is 1. The summed E-state index contributed by atoms with van der Waals surface area (Å²) in [4.78, 5) is 14.1. The molecule has 0 radical (unpaired) electrons. The monoisotopic (exact) mass is 295 g/mol. The third kappa shape index (κ3) is 3.89. The lowest BCUT2D eigenvalue weighted by Gasteiger charge is -2.28. The van der Waals surface area contributed by atoms with E-state index in [-0.39, 0.29) is 12.1 Å². The van der Waals surface area contributed by atoms with E-state index in [0.717, 1.165) is 36.4 Å². The lowest BCUT2D eigenvalue weighted by Crippen LogP contribution is -2.40. The highest BCUT2D eigenvalue weighted by Crippen LogP contribution is 2.26. The maximum Gasteiger partial charge on any atom is 0.410 e. The van der Waals surface area contributed by atoms with Gasteiger partial charge in [0.1, 0.15) is 5.60 Å². The van der Waals surface area contributed by atoms with Crippen LogP contribution in [0.3, 0.4) is 0 Å². The average molecular weight is 296 g/mol. The van der Waals surface area contributed by atoms with Crippen LogP contribution in [0.5, 0.6) is 0 Å². The maximum absolute atomic E-state index is 12.2. The Morgan fingerprint density at radius 2 is 2.10 bits per heavy atom. The Kier molecular flexibility index (Phi) is 4.59. The molecule has 1 aromatic rings. The minimum absolute atomic E-state index is 0.185. The van der Waals surface area contributed by atoms with Crippen molar-refractivity contribution in [1.82, 2.24) is 4.90 Å². The first kappa shape index (κ1) is 15.2. The summed E-state index contributed by atoms with van der Waals surface area (Å²) in [6.45, 7) is 6.45. The molecule has 0 N–H and O–H groups in total. The Hall–Kier alpha value is -1.22. The van der Waals surface area contributed by atoms with Crippen LogP contribution >= 0.6 is 11.6 Å². The topological polar surface area (TPSA) is 29.5 Å². The molecule has 1 aliphatic rings. The number of likely N-dealkylation sites (tertiary alicyclic amines) is 1. The zero-order chi connectivity index (χ0) is 14.8. The van der Waals surface area contributed by atoms with E-state index in [2.05, 4.69) is 0 Å². The van der Waals surface area contributed by atoms with Crippen molar-refractivity contribution in [3.8, 4) is 0 Å². The van der Waals surface area contributed by atoms with E-state index < -0.39 is 5.60 Å². The standard InChI is InChI=1S/C16H22ClNO2/c1-16(2,3)20-15(19)18-10-6-8-13(18)11-12-7-4-5-9-14(12)17/h4-5,7,9,13H,6,8,10-11H2,1-3H3. The molecule has 20 heavy (non-hydrogen) atoms. The van der Waals surface area contributed by atoms with Crippen molar-refractivity contribution in [3.63, 3.8) is 0 Å². The van der Waals surface area contributed by atoms with Crippen LogP contribution in [0.15, 0.2) is 24.3 Å². The fourth-order valence-corrected chi connectivity index (χ4v) is 2.74. The summed E-state index contributed by atoms with van der Waals surface area (Å²) in [7, 11) is 0. The van der Waals surface area contributed by atoms with E-state index in [1.165, 1.54) is 0 Å². The summed E-state index contributed by atoms with van der Waals surface area (Å²) in [5.41, 5.74) is 0.642. The van der Waals surface area contributed by atoms with Crippen LogP contribution in [0.4, 0.5) is 4.79 Å². The number of halogens is 1. The molecule has 1 saturated heterocycles. The van der Waals surface area contributed by atoms with Gasteiger partial charge in [-0.25, -0.2) is 4.79 Å². The quantitative estimate of drug-likeness (QED) is 0.815. The number of nitrogens with zero attached hydrogens (tertiary/aromatic N) is 1. The molecule has 4 heteroatoms.